The summed E-state index contributed by atoms with van der Waals surface area (Å²) in [5.74, 6) is 0.852. The van der Waals surface area contributed by atoms with E-state index in [1.807, 2.05) is 13.8 Å². The van der Waals surface area contributed by atoms with E-state index < -0.39 is 5.54 Å². The van der Waals surface area contributed by atoms with Crippen LogP contribution in [0.25, 0.3) is 0 Å². The number of nitrogens with two attached hydrogens (primary N) is 1. The van der Waals surface area contributed by atoms with Crippen molar-refractivity contribution in [3.63, 3.8) is 0 Å². The van der Waals surface area contributed by atoms with Crippen LogP contribution in [0, 0.1) is 0 Å². The molecule has 0 fully saturated rings. The second-order valence-corrected chi connectivity index (χ2v) is 4.93. The van der Waals surface area contributed by atoms with Gasteiger partial charge in [0.2, 0.25) is 0 Å². The van der Waals surface area contributed by atoms with Crippen molar-refractivity contribution >= 4 is 11.5 Å². The van der Waals surface area contributed by atoms with Crippen molar-refractivity contribution in [1.82, 2.24) is 9.78 Å². The number of nitrogen functional groups attached to an aromatic ring is 1. The molecule has 0 aliphatic carbocycles. The number of aliphatic hydroxyl groups is 2. The third kappa shape index (κ3) is 2.70. The smallest absolute Gasteiger partial charge is 0.148 e. The molecule has 1 aromatic heterocycles. The van der Waals surface area contributed by atoms with E-state index in [-0.39, 0.29) is 19.1 Å². The van der Waals surface area contributed by atoms with Gasteiger partial charge in [0.25, 0.3) is 0 Å². The Hall–Kier alpha value is -1.27. The first-order valence-corrected chi connectivity index (χ1v) is 5.67. The number of aryl methyl sites for hydroxylation is 1. The highest BCUT2D eigenvalue weighted by Gasteiger charge is 2.26. The number of rotatable bonds is 5. The molecule has 1 heterocycles. The molecule has 6 nitrogen and oxygen atoms in total. The molecule has 0 spiro atoms. The van der Waals surface area contributed by atoms with Crippen LogP contribution in [0.3, 0.4) is 0 Å². The maximum absolute atomic E-state index is 9.25. The lowest BCUT2D eigenvalue weighted by Crippen LogP contribution is -2.43. The molecule has 6 heteroatoms. The van der Waals surface area contributed by atoms with Crippen LogP contribution in [-0.4, -0.2) is 38.7 Å². The maximum Gasteiger partial charge on any atom is 0.148 e. The third-order valence-electron chi connectivity index (χ3n) is 2.78. The Labute approximate surface area is 101 Å². The molecular weight excluding hydrogens is 220 g/mol. The van der Waals surface area contributed by atoms with Crippen LogP contribution >= 0.6 is 0 Å². The summed E-state index contributed by atoms with van der Waals surface area (Å²) in [5, 5.41) is 25.9. The van der Waals surface area contributed by atoms with Gasteiger partial charge in [0.15, 0.2) is 0 Å². The number of hydrogen-bond acceptors (Lipinski definition) is 5. The monoisotopic (exact) mass is 242 g/mol. The quantitative estimate of drug-likeness (QED) is 0.595. The summed E-state index contributed by atoms with van der Waals surface area (Å²) in [6.07, 6.45) is 0. The van der Waals surface area contributed by atoms with Crippen molar-refractivity contribution < 1.29 is 10.2 Å². The summed E-state index contributed by atoms with van der Waals surface area (Å²) in [7, 11) is 1.78. The zero-order chi connectivity index (χ0) is 13.2. The topological polar surface area (TPSA) is 96.3 Å². The lowest BCUT2D eigenvalue weighted by atomic mass is 10.1. The third-order valence-corrected chi connectivity index (χ3v) is 2.78. The van der Waals surface area contributed by atoms with Gasteiger partial charge in [0.05, 0.1) is 30.1 Å². The number of anilines is 2. The van der Waals surface area contributed by atoms with Crippen molar-refractivity contribution in [2.24, 2.45) is 7.05 Å². The van der Waals surface area contributed by atoms with Crippen molar-refractivity contribution in [3.05, 3.63) is 5.69 Å². The first kappa shape index (κ1) is 13.8. The van der Waals surface area contributed by atoms with Gasteiger partial charge in [-0.25, -0.2) is 0 Å². The fourth-order valence-corrected chi connectivity index (χ4v) is 1.55. The van der Waals surface area contributed by atoms with Gasteiger partial charge in [-0.3, -0.25) is 4.68 Å². The largest absolute Gasteiger partial charge is 0.394 e. The molecule has 1 rings (SSSR count). The molecule has 0 saturated heterocycles. The SMILES string of the molecule is CC(C)c1nn(C)c(NC(C)(CO)CO)c1N. The second kappa shape index (κ2) is 4.93. The second-order valence-electron chi connectivity index (χ2n) is 4.93. The van der Waals surface area contributed by atoms with Crippen LogP contribution in [-0.2, 0) is 7.05 Å². The van der Waals surface area contributed by atoms with Gasteiger partial charge >= 0.3 is 0 Å². The van der Waals surface area contributed by atoms with Crippen molar-refractivity contribution in [2.45, 2.75) is 32.2 Å². The van der Waals surface area contributed by atoms with Gasteiger partial charge in [0, 0.05) is 7.05 Å². The predicted octanol–water partition coefficient (Wildman–Crippen LogP) is 0.281. The summed E-state index contributed by atoms with van der Waals surface area (Å²) in [6.45, 7) is 5.37. The average Bonchev–Trinajstić information content (AvgIpc) is 2.57. The number of hydrogen-bond donors (Lipinski definition) is 4. The Morgan fingerprint density at radius 1 is 1.41 bits per heavy atom. The van der Waals surface area contributed by atoms with Gasteiger partial charge < -0.3 is 21.3 Å². The summed E-state index contributed by atoms with van der Waals surface area (Å²) < 4.78 is 1.63. The number of aromatic nitrogens is 2. The summed E-state index contributed by atoms with van der Waals surface area (Å²) in [6, 6.07) is 0. The van der Waals surface area contributed by atoms with Crippen molar-refractivity contribution in [1.29, 1.82) is 0 Å². The number of nitrogens with one attached hydrogen (secondary N) is 1. The Morgan fingerprint density at radius 3 is 2.29 bits per heavy atom. The van der Waals surface area contributed by atoms with Crippen LogP contribution in [0.5, 0.6) is 0 Å². The Bertz CT molecular complexity index is 383. The molecule has 17 heavy (non-hydrogen) atoms. The van der Waals surface area contributed by atoms with Crippen molar-refractivity contribution in [3.8, 4) is 0 Å². The zero-order valence-electron chi connectivity index (χ0n) is 10.9. The van der Waals surface area contributed by atoms with Gasteiger partial charge in [-0.1, -0.05) is 13.8 Å². The fourth-order valence-electron chi connectivity index (χ4n) is 1.55. The van der Waals surface area contributed by atoms with E-state index in [2.05, 4.69) is 10.4 Å². The normalized spacial score (nSPS) is 12.2. The number of aliphatic hydroxyl groups excluding tert-OH is 2. The van der Waals surface area contributed by atoms with E-state index in [4.69, 9.17) is 5.73 Å². The molecule has 0 bridgehead atoms. The van der Waals surface area contributed by atoms with Crippen LogP contribution < -0.4 is 11.1 Å². The predicted molar refractivity (Wildman–Crippen MR) is 67.9 cm³/mol. The first-order chi connectivity index (χ1) is 7.84. The van der Waals surface area contributed by atoms with Crippen LogP contribution in [0.2, 0.25) is 0 Å². The fraction of sp³-hybridized carbons (Fsp3) is 0.727. The van der Waals surface area contributed by atoms with E-state index in [0.717, 1.165) is 5.69 Å². The molecule has 0 amide bonds. The van der Waals surface area contributed by atoms with E-state index in [9.17, 15) is 10.2 Å². The molecule has 0 aromatic carbocycles. The lowest BCUT2D eigenvalue weighted by Gasteiger charge is -2.27. The Morgan fingerprint density at radius 2 is 1.94 bits per heavy atom. The summed E-state index contributed by atoms with van der Waals surface area (Å²) in [5.41, 5.74) is 6.58. The van der Waals surface area contributed by atoms with Gasteiger partial charge in [-0.05, 0) is 12.8 Å². The van der Waals surface area contributed by atoms with Crippen LogP contribution in [0.15, 0.2) is 0 Å². The molecule has 0 saturated carbocycles. The molecule has 98 valence electrons. The molecule has 1 aromatic rings. The highest BCUT2D eigenvalue weighted by molar-refractivity contribution is 5.66. The maximum atomic E-state index is 9.25. The minimum absolute atomic E-state index is 0.189. The molecule has 0 unspecified atom stereocenters. The molecule has 5 N–H and O–H groups in total. The Kier molecular flexibility index (Phi) is 4.00. The Balaban J connectivity index is 3.07. The first-order valence-electron chi connectivity index (χ1n) is 5.67. The molecule has 0 aliphatic heterocycles. The van der Waals surface area contributed by atoms with Gasteiger partial charge in [-0.2, -0.15) is 5.10 Å². The summed E-state index contributed by atoms with van der Waals surface area (Å²) >= 11 is 0. The molecular formula is C11H22N4O2. The highest BCUT2D eigenvalue weighted by Crippen LogP contribution is 2.29. The minimum Gasteiger partial charge on any atom is -0.394 e. The van der Waals surface area contributed by atoms with E-state index >= 15 is 0 Å². The van der Waals surface area contributed by atoms with Crippen molar-refractivity contribution in [2.75, 3.05) is 24.3 Å². The van der Waals surface area contributed by atoms with E-state index in [1.54, 1.807) is 18.7 Å². The number of nitrogens with zero attached hydrogens (tertiary/aromatic N) is 2. The highest BCUT2D eigenvalue weighted by atomic mass is 16.3. The molecule has 0 atom stereocenters. The summed E-state index contributed by atoms with van der Waals surface area (Å²) in [4.78, 5) is 0. The molecule has 0 radical (unpaired) electrons. The lowest BCUT2D eigenvalue weighted by molar-refractivity contribution is 0.147. The molecule has 0 aliphatic rings. The van der Waals surface area contributed by atoms with Crippen LogP contribution in [0.4, 0.5) is 11.5 Å². The average molecular weight is 242 g/mol. The van der Waals surface area contributed by atoms with E-state index in [1.165, 1.54) is 0 Å². The van der Waals surface area contributed by atoms with Gasteiger partial charge in [-0.15, -0.1) is 0 Å². The van der Waals surface area contributed by atoms with E-state index in [0.29, 0.717) is 11.5 Å². The minimum atomic E-state index is -0.809. The standard InChI is InChI=1S/C11H22N4O2/c1-7(2)9-8(12)10(15(4)14-9)13-11(3,5-16)6-17/h7,13,16-17H,5-6,12H2,1-4H3. The van der Waals surface area contributed by atoms with Crippen LogP contribution in [0.1, 0.15) is 32.4 Å². The zero-order valence-corrected chi connectivity index (χ0v) is 10.9. The van der Waals surface area contributed by atoms with Gasteiger partial charge in [0.1, 0.15) is 5.82 Å².